The number of ether oxygens (including phenoxy) is 3. The molecule has 0 amide bonds. The average Bonchev–Trinajstić information content (AvgIpc) is 3.36. The van der Waals surface area contributed by atoms with Crippen LogP contribution in [0, 0.1) is 0 Å². The second-order valence-corrected chi connectivity index (χ2v) is 19.9. The monoisotopic (exact) mass is 977 g/mol. The van der Waals surface area contributed by atoms with Crippen molar-refractivity contribution >= 4 is 17.9 Å². The number of rotatable bonds is 54. The molecule has 0 aromatic carbocycles. The molecule has 0 rings (SSSR count). The zero-order valence-corrected chi connectivity index (χ0v) is 46.3. The number of allylic oxidation sites excluding steroid dienone is 12. The van der Waals surface area contributed by atoms with Crippen molar-refractivity contribution in [2.45, 2.75) is 303 Å². The Bertz CT molecular complexity index is 1310. The van der Waals surface area contributed by atoms with Gasteiger partial charge in [-0.1, -0.05) is 261 Å². The third-order valence-corrected chi connectivity index (χ3v) is 12.9. The first-order valence-corrected chi connectivity index (χ1v) is 29.9. The largest absolute Gasteiger partial charge is 0.462 e. The molecule has 0 aliphatic rings. The van der Waals surface area contributed by atoms with Gasteiger partial charge in [-0.05, 0) is 89.9 Å². The predicted octanol–water partition coefficient (Wildman–Crippen LogP) is 20.2. The van der Waals surface area contributed by atoms with Crippen LogP contribution in [0.2, 0.25) is 0 Å². The Labute approximate surface area is 433 Å². The Morgan fingerprint density at radius 1 is 0.300 bits per heavy atom. The van der Waals surface area contributed by atoms with Crippen LogP contribution in [0.5, 0.6) is 0 Å². The Morgan fingerprint density at radius 2 is 0.557 bits per heavy atom. The molecular weight excluding hydrogens is 865 g/mol. The van der Waals surface area contributed by atoms with E-state index in [4.69, 9.17) is 14.2 Å². The molecule has 0 bridgehead atoms. The lowest BCUT2D eigenvalue weighted by atomic mass is 10.0. The van der Waals surface area contributed by atoms with E-state index >= 15 is 0 Å². The molecule has 6 heteroatoms. The maximum Gasteiger partial charge on any atom is 0.306 e. The molecule has 0 aliphatic carbocycles. The summed E-state index contributed by atoms with van der Waals surface area (Å²) in [7, 11) is 0. The van der Waals surface area contributed by atoms with E-state index in [1.807, 2.05) is 0 Å². The van der Waals surface area contributed by atoms with Gasteiger partial charge in [0.15, 0.2) is 6.10 Å². The van der Waals surface area contributed by atoms with Crippen LogP contribution >= 0.6 is 0 Å². The molecule has 0 radical (unpaired) electrons. The average molecular weight is 978 g/mol. The summed E-state index contributed by atoms with van der Waals surface area (Å²) in [5.41, 5.74) is 0. The fourth-order valence-corrected chi connectivity index (χ4v) is 8.47. The third-order valence-electron chi connectivity index (χ3n) is 12.9. The van der Waals surface area contributed by atoms with E-state index in [1.54, 1.807) is 0 Å². The van der Waals surface area contributed by atoms with Gasteiger partial charge >= 0.3 is 17.9 Å². The highest BCUT2D eigenvalue weighted by Crippen LogP contribution is 2.16. The maximum atomic E-state index is 12.9. The summed E-state index contributed by atoms with van der Waals surface area (Å²) in [6.07, 6.45) is 74.6. The Hall–Kier alpha value is -3.15. The molecule has 404 valence electrons. The molecule has 0 fully saturated rings. The summed E-state index contributed by atoms with van der Waals surface area (Å²) in [5, 5.41) is 0. The van der Waals surface area contributed by atoms with Crippen LogP contribution < -0.4 is 0 Å². The molecule has 0 N–H and O–H groups in total. The molecule has 0 saturated heterocycles. The van der Waals surface area contributed by atoms with Crippen LogP contribution in [0.15, 0.2) is 72.9 Å². The maximum absolute atomic E-state index is 12.9. The number of carbonyl (C=O) groups excluding carboxylic acids is 3. The lowest BCUT2D eigenvalue weighted by molar-refractivity contribution is -0.167. The molecule has 1 atom stereocenters. The Morgan fingerprint density at radius 3 is 0.914 bits per heavy atom. The topological polar surface area (TPSA) is 78.9 Å². The van der Waals surface area contributed by atoms with Gasteiger partial charge in [0.2, 0.25) is 0 Å². The van der Waals surface area contributed by atoms with Crippen LogP contribution in [0.4, 0.5) is 0 Å². The van der Waals surface area contributed by atoms with E-state index in [2.05, 4.69) is 93.7 Å². The SMILES string of the molecule is CC/C=C/C/C=C/C/C=C/C/C=C/C/C=C/CCCCCC(=O)OC[C@@H](COC(=O)CCCCCCCCC/C=C/CCCCCC)OC(=O)CCCCCCCCCCCCCCCCCCCC. The number of hydrogen-bond donors (Lipinski definition) is 0. The second kappa shape index (κ2) is 58.4. The smallest absolute Gasteiger partial charge is 0.306 e. The van der Waals surface area contributed by atoms with Crippen molar-refractivity contribution in [3.05, 3.63) is 72.9 Å². The lowest BCUT2D eigenvalue weighted by Gasteiger charge is -2.18. The van der Waals surface area contributed by atoms with Crippen molar-refractivity contribution in [1.29, 1.82) is 0 Å². The van der Waals surface area contributed by atoms with Crippen molar-refractivity contribution in [3.8, 4) is 0 Å². The molecule has 0 aliphatic heterocycles. The second-order valence-electron chi connectivity index (χ2n) is 19.9. The number of hydrogen-bond acceptors (Lipinski definition) is 6. The standard InChI is InChI=1S/C64H112O6/c1-4-7-10-13-16-19-22-25-28-30-32-34-36-39-42-45-48-51-54-57-63(66)69-60-61(59-68-62(65)56-53-50-47-44-41-38-35-27-24-21-18-15-12-9-6-3)70-64(67)58-55-52-49-46-43-40-37-33-31-29-26-23-20-17-14-11-8-5-2/h7,10,16,19,21,24-25,28,32,34,39,42,61H,4-6,8-9,11-15,17-18,20,22-23,26-27,29-31,33,35-38,40-41,43-60H2,1-3H3/b10-7+,19-16+,24-21+,28-25+,34-32+,42-39+/t61-/m1/s1. The summed E-state index contributed by atoms with van der Waals surface area (Å²) < 4.78 is 16.9. The molecule has 0 saturated carbocycles. The highest BCUT2D eigenvalue weighted by molar-refractivity contribution is 5.71. The van der Waals surface area contributed by atoms with E-state index in [0.717, 1.165) is 96.3 Å². The molecule has 0 unspecified atom stereocenters. The fourth-order valence-electron chi connectivity index (χ4n) is 8.47. The Kier molecular flexibility index (Phi) is 55.8. The quantitative estimate of drug-likeness (QED) is 0.0261. The first-order valence-electron chi connectivity index (χ1n) is 29.9. The molecule has 6 nitrogen and oxygen atoms in total. The van der Waals surface area contributed by atoms with Gasteiger partial charge in [-0.15, -0.1) is 0 Å². The minimum absolute atomic E-state index is 0.0859. The number of esters is 3. The minimum atomic E-state index is -0.790. The first kappa shape index (κ1) is 66.9. The van der Waals surface area contributed by atoms with E-state index in [-0.39, 0.29) is 31.1 Å². The summed E-state index contributed by atoms with van der Waals surface area (Å²) >= 11 is 0. The predicted molar refractivity (Wildman–Crippen MR) is 302 cm³/mol. The summed E-state index contributed by atoms with van der Waals surface area (Å²) in [4.78, 5) is 38.2. The molecule has 0 spiro atoms. The van der Waals surface area contributed by atoms with Crippen molar-refractivity contribution in [2.75, 3.05) is 13.2 Å². The van der Waals surface area contributed by atoms with Gasteiger partial charge in [-0.2, -0.15) is 0 Å². The van der Waals surface area contributed by atoms with Gasteiger partial charge in [-0.25, -0.2) is 0 Å². The van der Waals surface area contributed by atoms with Gasteiger partial charge in [-0.3, -0.25) is 14.4 Å². The van der Waals surface area contributed by atoms with Crippen molar-refractivity contribution < 1.29 is 28.6 Å². The van der Waals surface area contributed by atoms with Gasteiger partial charge in [0.1, 0.15) is 13.2 Å². The first-order chi connectivity index (χ1) is 34.5. The minimum Gasteiger partial charge on any atom is -0.462 e. The summed E-state index contributed by atoms with van der Waals surface area (Å²) in [6.45, 7) is 6.52. The highest BCUT2D eigenvalue weighted by Gasteiger charge is 2.19. The van der Waals surface area contributed by atoms with Crippen molar-refractivity contribution in [1.82, 2.24) is 0 Å². The normalized spacial score (nSPS) is 12.6. The summed E-state index contributed by atoms with van der Waals surface area (Å²) in [5.74, 6) is -0.910. The lowest BCUT2D eigenvalue weighted by Crippen LogP contribution is -2.30. The van der Waals surface area contributed by atoms with Crippen LogP contribution in [-0.2, 0) is 28.6 Å². The number of unbranched alkanes of at least 4 members (excludes halogenated alkanes) is 31. The van der Waals surface area contributed by atoms with Gasteiger partial charge in [0, 0.05) is 19.3 Å². The van der Waals surface area contributed by atoms with Crippen LogP contribution in [-0.4, -0.2) is 37.2 Å². The van der Waals surface area contributed by atoms with Gasteiger partial charge in [0.05, 0.1) is 0 Å². The molecular formula is C64H112O6. The van der Waals surface area contributed by atoms with Crippen molar-refractivity contribution in [3.63, 3.8) is 0 Å². The molecule has 70 heavy (non-hydrogen) atoms. The van der Waals surface area contributed by atoms with Gasteiger partial charge in [0.25, 0.3) is 0 Å². The number of carbonyl (C=O) groups is 3. The van der Waals surface area contributed by atoms with E-state index in [0.29, 0.717) is 19.3 Å². The van der Waals surface area contributed by atoms with E-state index in [9.17, 15) is 14.4 Å². The zero-order chi connectivity index (χ0) is 50.7. The fraction of sp³-hybridized carbons (Fsp3) is 0.766. The van der Waals surface area contributed by atoms with Crippen LogP contribution in [0.3, 0.4) is 0 Å². The molecule has 0 heterocycles. The Balaban J connectivity index is 4.42. The highest BCUT2D eigenvalue weighted by atomic mass is 16.6. The molecule has 0 aromatic heterocycles. The summed E-state index contributed by atoms with van der Waals surface area (Å²) in [6, 6.07) is 0. The van der Waals surface area contributed by atoms with Crippen LogP contribution in [0.1, 0.15) is 297 Å². The zero-order valence-electron chi connectivity index (χ0n) is 46.3. The van der Waals surface area contributed by atoms with E-state index < -0.39 is 6.10 Å². The van der Waals surface area contributed by atoms with E-state index in [1.165, 1.54) is 161 Å². The molecule has 0 aromatic rings. The van der Waals surface area contributed by atoms with Crippen molar-refractivity contribution in [2.24, 2.45) is 0 Å². The van der Waals surface area contributed by atoms with Gasteiger partial charge < -0.3 is 14.2 Å². The third kappa shape index (κ3) is 55.8. The van der Waals surface area contributed by atoms with Crippen LogP contribution in [0.25, 0.3) is 0 Å².